The van der Waals surface area contributed by atoms with Gasteiger partial charge in [-0.05, 0) is 5.38 Å². The summed E-state index contributed by atoms with van der Waals surface area (Å²) in [6, 6.07) is 0. The maximum Gasteiger partial charge on any atom is 0.307 e. The Hall–Kier alpha value is 0.421. The Bertz CT molecular complexity index is 258. The Balaban J connectivity index is -0.000000277. The summed E-state index contributed by atoms with van der Waals surface area (Å²) in [5, 5.41) is 9.70. The van der Waals surface area contributed by atoms with Gasteiger partial charge in [-0.2, -0.15) is 30.8 Å². The molecule has 2 radical (unpaired) electrons. The molecular weight excluding hydrogens is 341 g/mol. The van der Waals surface area contributed by atoms with Crippen LogP contribution in [-0.4, -0.2) is 36.8 Å². The van der Waals surface area contributed by atoms with Crippen LogP contribution in [0.1, 0.15) is 13.8 Å². The number of thioether (sulfide) groups is 1. The van der Waals surface area contributed by atoms with Crippen molar-refractivity contribution >= 4 is 32.3 Å². The van der Waals surface area contributed by atoms with Crippen LogP contribution in [0.5, 0.6) is 0 Å². The van der Waals surface area contributed by atoms with Crippen molar-refractivity contribution in [3.05, 3.63) is 19.1 Å². The van der Waals surface area contributed by atoms with Crippen molar-refractivity contribution in [1.82, 2.24) is 0 Å². The minimum absolute atomic E-state index is 0. The van der Waals surface area contributed by atoms with Gasteiger partial charge in [0.2, 0.25) is 0 Å². The third-order valence-electron chi connectivity index (χ3n) is 1.66. The molecule has 0 saturated heterocycles. The number of rotatable bonds is 6. The van der Waals surface area contributed by atoms with Gasteiger partial charge in [0.15, 0.2) is 0 Å². The number of carbonyl (C=O) groups excluding carboxylic acids is 1. The Morgan fingerprint density at radius 3 is 2.06 bits per heavy atom. The number of carboxylic acid groups (broad SMARTS) is 1. The number of Topliss-reactive ketones (excluding diaryl/α,β-unsaturated/α-hetero) is 1. The number of allylic oxidation sites excluding steroid dienone is 1. The van der Waals surface area contributed by atoms with Crippen molar-refractivity contribution in [2.24, 2.45) is 5.92 Å². The Kier molecular flexibility index (Phi) is 18.1. The molecule has 0 saturated carbocycles. The Labute approximate surface area is 142 Å². The van der Waals surface area contributed by atoms with Crippen LogP contribution in [0, 0.1) is 12.8 Å². The molecule has 0 amide bonds. The van der Waals surface area contributed by atoms with Gasteiger partial charge in [-0.25, -0.2) is 0 Å². The molecule has 0 aliphatic rings. The maximum atomic E-state index is 10.4. The summed E-state index contributed by atoms with van der Waals surface area (Å²) in [4.78, 5) is 20.3. The third-order valence-corrected chi connectivity index (χ3v) is 5.52. The second-order valence-corrected chi connectivity index (χ2v) is 8.48. The smallest absolute Gasteiger partial charge is 0.307 e. The van der Waals surface area contributed by atoms with E-state index in [1.54, 1.807) is 25.6 Å². The number of hydrogen-bond donors (Lipinski definition) is 1. The molecule has 18 heavy (non-hydrogen) atoms. The van der Waals surface area contributed by atoms with Crippen molar-refractivity contribution in [2.45, 2.75) is 26.9 Å². The van der Waals surface area contributed by atoms with Crippen molar-refractivity contribution < 1.29 is 47.4 Å². The average Bonchev–Trinajstić information content (AvgIpc) is 2.17. The zero-order valence-electron chi connectivity index (χ0n) is 11.7. The Morgan fingerprint density at radius 1 is 1.44 bits per heavy atom. The van der Waals surface area contributed by atoms with Gasteiger partial charge in [-0.15, -0.1) is 6.92 Å². The molecule has 0 aliphatic carbocycles. The van der Waals surface area contributed by atoms with Gasteiger partial charge in [0, 0.05) is 44.2 Å². The van der Waals surface area contributed by atoms with Crippen LogP contribution in [0.4, 0.5) is 0 Å². The van der Waals surface area contributed by atoms with E-state index in [1.807, 2.05) is 0 Å². The number of hydrogen-bond acceptors (Lipinski definition) is 3. The molecule has 0 spiro atoms. The molecule has 0 aromatic heterocycles. The van der Waals surface area contributed by atoms with Crippen molar-refractivity contribution in [2.75, 3.05) is 11.1 Å². The average molecular weight is 363 g/mol. The minimum atomic E-state index is -0.682. The minimum Gasteiger partial charge on any atom is -0.481 e. The summed E-state index contributed by atoms with van der Waals surface area (Å²) in [5.74, 6) is -0.305. The van der Waals surface area contributed by atoms with Crippen LogP contribution in [-0.2, 0) is 42.3 Å². The fraction of sp³-hybridized carbons (Fsp3) is 0.583. The molecule has 0 bridgehead atoms. The number of ketones is 1. The van der Waals surface area contributed by atoms with E-state index in [2.05, 4.69) is 26.6 Å². The molecule has 1 unspecified atom stereocenters. The fourth-order valence-electron chi connectivity index (χ4n) is 0.511. The largest absolute Gasteiger partial charge is 0.481 e. The number of carboxylic acids is 1. The van der Waals surface area contributed by atoms with E-state index < -0.39 is 5.97 Å². The van der Waals surface area contributed by atoms with Crippen molar-refractivity contribution in [1.29, 1.82) is 0 Å². The molecule has 102 valence electrons. The SMILES string of the molecule is C=C(C)C([CH2-])=O.CC(CSC[Si](C)C)C(=O)O.[Y]. The first-order valence-corrected chi connectivity index (χ1v) is 9.16. The fourth-order valence-corrected chi connectivity index (χ4v) is 3.11. The molecule has 0 fully saturated rings. The Morgan fingerprint density at radius 2 is 1.83 bits per heavy atom. The molecule has 0 rings (SSSR count). The molecule has 3 nitrogen and oxygen atoms in total. The molecular formula is C12H22O3SSiY-. The summed E-state index contributed by atoms with van der Waals surface area (Å²) in [7, 11) is -0.186. The molecule has 1 atom stereocenters. The van der Waals surface area contributed by atoms with E-state index in [9.17, 15) is 9.59 Å². The zero-order valence-corrected chi connectivity index (χ0v) is 16.3. The van der Waals surface area contributed by atoms with Crippen LogP contribution in [0.2, 0.25) is 13.1 Å². The predicted molar refractivity (Wildman–Crippen MR) is 76.8 cm³/mol. The van der Waals surface area contributed by atoms with E-state index in [0.29, 0.717) is 5.57 Å². The molecule has 0 heterocycles. The summed E-state index contributed by atoms with van der Waals surface area (Å²) >= 11 is 1.76. The van der Waals surface area contributed by atoms with E-state index >= 15 is 0 Å². The third kappa shape index (κ3) is 18.8. The van der Waals surface area contributed by atoms with Crippen LogP contribution in [0.15, 0.2) is 12.2 Å². The first-order valence-electron chi connectivity index (χ1n) is 5.29. The zero-order chi connectivity index (χ0) is 14.0. The summed E-state index contributed by atoms with van der Waals surface area (Å²) in [5.41, 5.74) is 0.509. The molecule has 0 aromatic rings. The molecule has 0 aromatic carbocycles. The predicted octanol–water partition coefficient (Wildman–Crippen LogP) is 2.70. The normalized spacial score (nSPS) is 10.7. The standard InChI is InChI=1S/C7H15O2SSi.C5H7O.Y/c1-6(7(8)9)4-10-5-11(2)3;1-4(2)5(3)6;/h6H,4-5H2,1-3H3,(H,8,9);1,3H2,2H3;/q;-1;. The maximum absolute atomic E-state index is 10.4. The van der Waals surface area contributed by atoms with E-state index in [0.717, 1.165) is 11.1 Å². The second kappa shape index (κ2) is 13.8. The topological polar surface area (TPSA) is 54.4 Å². The van der Waals surface area contributed by atoms with Crippen LogP contribution >= 0.6 is 11.8 Å². The van der Waals surface area contributed by atoms with Gasteiger partial charge in [0.05, 0.1) is 14.7 Å². The van der Waals surface area contributed by atoms with Gasteiger partial charge in [-0.3, -0.25) is 4.79 Å². The van der Waals surface area contributed by atoms with Crippen molar-refractivity contribution in [3.8, 4) is 0 Å². The van der Waals surface area contributed by atoms with Gasteiger partial charge in [0.25, 0.3) is 0 Å². The van der Waals surface area contributed by atoms with E-state index in [-0.39, 0.29) is 53.2 Å². The van der Waals surface area contributed by atoms with Crippen LogP contribution < -0.4 is 0 Å². The van der Waals surface area contributed by atoms with E-state index in [1.165, 1.54) is 0 Å². The van der Waals surface area contributed by atoms with E-state index in [4.69, 9.17) is 5.11 Å². The number of carbonyl (C=O) groups is 2. The second-order valence-electron chi connectivity index (χ2n) is 4.17. The van der Waals surface area contributed by atoms with Gasteiger partial charge in [0.1, 0.15) is 0 Å². The quantitative estimate of drug-likeness (QED) is 0.448. The van der Waals surface area contributed by atoms with Gasteiger partial charge in [-0.1, -0.05) is 20.0 Å². The van der Waals surface area contributed by atoms with Crippen LogP contribution in [0.3, 0.4) is 0 Å². The first kappa shape index (κ1) is 23.5. The summed E-state index contributed by atoms with van der Waals surface area (Å²) < 4.78 is 0. The molecule has 0 aliphatic heterocycles. The summed E-state index contributed by atoms with van der Waals surface area (Å²) in [6.45, 7) is 14.3. The molecule has 1 N–H and O–H groups in total. The monoisotopic (exact) mass is 363 g/mol. The van der Waals surface area contributed by atoms with Crippen LogP contribution in [0.25, 0.3) is 0 Å². The van der Waals surface area contributed by atoms with Gasteiger partial charge < -0.3 is 9.90 Å². The first-order chi connectivity index (χ1) is 7.68. The van der Waals surface area contributed by atoms with Gasteiger partial charge >= 0.3 is 5.97 Å². The number of aliphatic carboxylic acids is 1. The summed E-state index contributed by atoms with van der Waals surface area (Å²) in [6.07, 6.45) is 0. The van der Waals surface area contributed by atoms with Crippen molar-refractivity contribution in [3.63, 3.8) is 0 Å². The molecule has 6 heteroatoms.